The van der Waals surface area contributed by atoms with E-state index >= 15 is 0 Å². The lowest BCUT2D eigenvalue weighted by atomic mass is 9.93. The number of rotatable bonds is 4. The lowest BCUT2D eigenvalue weighted by Crippen LogP contribution is -2.51. The monoisotopic (exact) mass is 260 g/mol. The number of Topliss-reactive ketones (excluding diaryl/α,β-unsaturated/α-hetero) is 2. The average Bonchev–Trinajstić information content (AvgIpc) is 2.52. The number of hydrogen-bond acceptors (Lipinski definition) is 6. The zero-order chi connectivity index (χ0) is 14.2. The number of ketones is 2. The summed E-state index contributed by atoms with van der Waals surface area (Å²) >= 11 is 0. The van der Waals surface area contributed by atoms with Crippen LogP contribution in [0.1, 0.15) is 27.7 Å². The van der Waals surface area contributed by atoms with Crippen LogP contribution in [-0.2, 0) is 14.3 Å². The van der Waals surface area contributed by atoms with Gasteiger partial charge in [0, 0.05) is 11.8 Å². The number of carbonyl (C=O) groups is 2. The summed E-state index contributed by atoms with van der Waals surface area (Å²) in [6.07, 6.45) is -4.81. The van der Waals surface area contributed by atoms with Crippen molar-refractivity contribution in [1.29, 1.82) is 0 Å². The van der Waals surface area contributed by atoms with Gasteiger partial charge in [-0.05, 0) is 0 Å². The van der Waals surface area contributed by atoms with Crippen LogP contribution in [0.25, 0.3) is 0 Å². The number of aliphatic hydroxyl groups excluding tert-OH is 2. The maximum Gasteiger partial charge on any atom is 0.257 e. The molecule has 1 rings (SSSR count). The van der Waals surface area contributed by atoms with E-state index in [1.807, 2.05) is 0 Å². The van der Waals surface area contributed by atoms with Gasteiger partial charge >= 0.3 is 0 Å². The first kappa shape index (κ1) is 15.2. The molecule has 6 nitrogen and oxygen atoms in total. The Kier molecular flexibility index (Phi) is 4.27. The molecule has 0 bridgehead atoms. The van der Waals surface area contributed by atoms with Crippen molar-refractivity contribution in [3.05, 3.63) is 0 Å². The molecular weight excluding hydrogens is 240 g/mol. The fraction of sp³-hybridized carbons (Fsp3) is 0.833. The third-order valence-corrected chi connectivity index (χ3v) is 3.07. The highest BCUT2D eigenvalue weighted by molar-refractivity contribution is 5.91. The first-order valence-electron chi connectivity index (χ1n) is 5.97. The van der Waals surface area contributed by atoms with E-state index in [2.05, 4.69) is 0 Å². The van der Waals surface area contributed by atoms with Gasteiger partial charge in [0.25, 0.3) is 5.79 Å². The van der Waals surface area contributed by atoms with Crippen molar-refractivity contribution in [1.82, 2.24) is 0 Å². The van der Waals surface area contributed by atoms with Gasteiger partial charge in [-0.3, -0.25) is 9.59 Å². The van der Waals surface area contributed by atoms with Crippen LogP contribution in [0, 0.1) is 11.8 Å². The van der Waals surface area contributed by atoms with E-state index in [0.717, 1.165) is 0 Å². The molecule has 0 aromatic carbocycles. The van der Waals surface area contributed by atoms with E-state index in [4.69, 9.17) is 4.74 Å². The lowest BCUT2D eigenvalue weighted by molar-refractivity contribution is -0.223. The Morgan fingerprint density at radius 3 is 2.00 bits per heavy atom. The normalized spacial score (nSPS) is 36.4. The molecular formula is C12H20O6. The van der Waals surface area contributed by atoms with E-state index in [9.17, 15) is 24.9 Å². The summed E-state index contributed by atoms with van der Waals surface area (Å²) in [5.74, 6) is -4.76. The second-order valence-corrected chi connectivity index (χ2v) is 5.25. The minimum absolute atomic E-state index is 0.437. The van der Waals surface area contributed by atoms with Crippen LogP contribution in [-0.4, -0.2) is 51.0 Å². The molecule has 3 N–H and O–H groups in total. The molecule has 0 unspecified atom stereocenters. The predicted molar refractivity (Wildman–Crippen MR) is 61.5 cm³/mol. The van der Waals surface area contributed by atoms with Crippen LogP contribution in [0.2, 0.25) is 0 Å². The summed E-state index contributed by atoms with van der Waals surface area (Å²) < 4.78 is 4.98. The lowest BCUT2D eigenvalue weighted by Gasteiger charge is -2.25. The van der Waals surface area contributed by atoms with Gasteiger partial charge in [-0.15, -0.1) is 0 Å². The van der Waals surface area contributed by atoms with Crippen LogP contribution in [0.15, 0.2) is 0 Å². The van der Waals surface area contributed by atoms with Gasteiger partial charge in [0.15, 0.2) is 11.6 Å². The van der Waals surface area contributed by atoms with Crippen molar-refractivity contribution in [2.45, 2.75) is 51.8 Å². The quantitative estimate of drug-likeness (QED) is 0.614. The molecule has 1 aliphatic heterocycles. The van der Waals surface area contributed by atoms with Crippen molar-refractivity contribution in [2.75, 3.05) is 0 Å². The SMILES string of the molecule is CC(C)C(=O)[C@@H]1O[C@](O)(C(=O)C(C)C)[C@@H](O)[C@@H]1O. The molecule has 0 aromatic heterocycles. The Labute approximate surface area is 106 Å². The molecule has 4 atom stereocenters. The van der Waals surface area contributed by atoms with E-state index in [0.29, 0.717) is 0 Å². The number of ether oxygens (including phenoxy) is 1. The van der Waals surface area contributed by atoms with Gasteiger partial charge in [0.05, 0.1) is 0 Å². The highest BCUT2D eigenvalue weighted by atomic mass is 16.7. The largest absolute Gasteiger partial charge is 0.387 e. The Bertz CT molecular complexity index is 350. The highest BCUT2D eigenvalue weighted by Gasteiger charge is 2.60. The van der Waals surface area contributed by atoms with Gasteiger partial charge in [-0.1, -0.05) is 27.7 Å². The molecule has 18 heavy (non-hydrogen) atoms. The highest BCUT2D eigenvalue weighted by Crippen LogP contribution is 2.33. The molecule has 1 aliphatic rings. The van der Waals surface area contributed by atoms with Crippen molar-refractivity contribution < 1.29 is 29.6 Å². The number of aliphatic hydroxyl groups is 3. The standard InChI is InChI=1S/C12H20O6/c1-5(2)7(13)9-8(14)11(16)12(17,18-9)10(15)6(3)4/h5-6,8-9,11,14,16-17H,1-4H3/t8-,9+,11+,12-/m1/s1. The maximum atomic E-state index is 11.8. The Hall–Kier alpha value is -0.820. The minimum atomic E-state index is -2.51. The Morgan fingerprint density at radius 1 is 1.11 bits per heavy atom. The Morgan fingerprint density at radius 2 is 1.61 bits per heavy atom. The summed E-state index contributed by atoms with van der Waals surface area (Å²) in [6, 6.07) is 0. The van der Waals surface area contributed by atoms with Crippen LogP contribution in [0.5, 0.6) is 0 Å². The van der Waals surface area contributed by atoms with Crippen LogP contribution in [0.4, 0.5) is 0 Å². The zero-order valence-electron chi connectivity index (χ0n) is 11.0. The first-order valence-corrected chi connectivity index (χ1v) is 5.97. The van der Waals surface area contributed by atoms with Gasteiger partial charge in [-0.25, -0.2) is 0 Å². The molecule has 0 saturated carbocycles. The molecule has 1 saturated heterocycles. The minimum Gasteiger partial charge on any atom is -0.387 e. The predicted octanol–water partition coefficient (Wildman–Crippen LogP) is -0.754. The van der Waals surface area contributed by atoms with Crippen molar-refractivity contribution in [3.8, 4) is 0 Å². The average molecular weight is 260 g/mol. The van der Waals surface area contributed by atoms with Gasteiger partial charge in [-0.2, -0.15) is 0 Å². The van der Waals surface area contributed by atoms with E-state index in [-0.39, 0.29) is 0 Å². The van der Waals surface area contributed by atoms with Crippen LogP contribution < -0.4 is 0 Å². The maximum absolute atomic E-state index is 11.8. The number of carbonyl (C=O) groups excluding carboxylic acids is 2. The third kappa shape index (κ3) is 2.33. The third-order valence-electron chi connectivity index (χ3n) is 3.07. The second-order valence-electron chi connectivity index (χ2n) is 5.25. The van der Waals surface area contributed by atoms with Crippen LogP contribution in [0.3, 0.4) is 0 Å². The molecule has 104 valence electrons. The summed E-state index contributed by atoms with van der Waals surface area (Å²) in [5.41, 5.74) is 0. The molecule has 1 fully saturated rings. The summed E-state index contributed by atoms with van der Waals surface area (Å²) in [7, 11) is 0. The van der Waals surface area contributed by atoms with Crippen molar-refractivity contribution in [2.24, 2.45) is 11.8 Å². The molecule has 1 heterocycles. The summed E-state index contributed by atoms with van der Waals surface area (Å²) in [6.45, 7) is 6.26. The summed E-state index contributed by atoms with van der Waals surface area (Å²) in [4.78, 5) is 23.6. The topological polar surface area (TPSA) is 104 Å². The first-order chi connectivity index (χ1) is 8.12. The molecule has 0 radical (unpaired) electrons. The fourth-order valence-corrected chi connectivity index (χ4v) is 1.90. The zero-order valence-corrected chi connectivity index (χ0v) is 11.0. The van der Waals surface area contributed by atoms with Crippen molar-refractivity contribution >= 4 is 11.6 Å². The molecule has 0 aliphatic carbocycles. The van der Waals surface area contributed by atoms with Gasteiger partial charge < -0.3 is 20.1 Å². The van der Waals surface area contributed by atoms with Crippen LogP contribution >= 0.6 is 0 Å². The second kappa shape index (κ2) is 5.05. The molecule has 6 heteroatoms. The van der Waals surface area contributed by atoms with Gasteiger partial charge in [0.2, 0.25) is 0 Å². The van der Waals surface area contributed by atoms with E-state index in [1.54, 1.807) is 13.8 Å². The van der Waals surface area contributed by atoms with E-state index < -0.39 is 47.5 Å². The fourth-order valence-electron chi connectivity index (χ4n) is 1.90. The molecule has 0 aromatic rings. The van der Waals surface area contributed by atoms with Crippen molar-refractivity contribution in [3.63, 3.8) is 0 Å². The smallest absolute Gasteiger partial charge is 0.257 e. The molecule has 0 spiro atoms. The Balaban J connectivity index is 3.01. The van der Waals surface area contributed by atoms with E-state index in [1.165, 1.54) is 13.8 Å². The summed E-state index contributed by atoms with van der Waals surface area (Å²) in [5, 5.41) is 29.5. The van der Waals surface area contributed by atoms with Gasteiger partial charge in [0.1, 0.15) is 18.3 Å². The number of hydrogen-bond donors (Lipinski definition) is 3. The molecule has 0 amide bonds.